The van der Waals surface area contributed by atoms with E-state index in [2.05, 4.69) is 15.7 Å². The van der Waals surface area contributed by atoms with Gasteiger partial charge in [-0.1, -0.05) is 0 Å². The molecule has 3 aromatic rings. The van der Waals surface area contributed by atoms with Crippen molar-refractivity contribution in [2.45, 2.75) is 6.92 Å². The van der Waals surface area contributed by atoms with Crippen LogP contribution in [0.4, 0.5) is 10.5 Å². The fourth-order valence-corrected chi connectivity index (χ4v) is 2.85. The third kappa shape index (κ3) is 3.02. The maximum absolute atomic E-state index is 12.4. The summed E-state index contributed by atoms with van der Waals surface area (Å²) in [6.07, 6.45) is 0. The molecule has 23 heavy (non-hydrogen) atoms. The first-order chi connectivity index (χ1) is 11.1. The molecule has 0 spiro atoms. The van der Waals surface area contributed by atoms with E-state index < -0.39 is 6.03 Å². The van der Waals surface area contributed by atoms with Gasteiger partial charge in [-0.05, 0) is 42.6 Å². The van der Waals surface area contributed by atoms with Gasteiger partial charge in [0.1, 0.15) is 16.3 Å². The first-order valence-corrected chi connectivity index (χ1v) is 7.65. The first kappa shape index (κ1) is 15.0. The van der Waals surface area contributed by atoms with Gasteiger partial charge < -0.3 is 10.1 Å². The Bertz CT molecular complexity index is 915. The lowest BCUT2D eigenvalue weighted by molar-refractivity contribution is 0.259. The normalized spacial score (nSPS) is 10.5. The van der Waals surface area contributed by atoms with Crippen LogP contribution in [0.15, 0.2) is 40.5 Å². The Hall–Kier alpha value is -2.87. The van der Waals surface area contributed by atoms with Gasteiger partial charge in [0.05, 0.1) is 12.6 Å². The van der Waals surface area contributed by atoms with Crippen molar-refractivity contribution in [3.8, 4) is 5.75 Å². The topological polar surface area (TPSA) is 85.2 Å². The van der Waals surface area contributed by atoms with Gasteiger partial charge in [-0.3, -0.25) is 4.79 Å². The van der Waals surface area contributed by atoms with Crippen LogP contribution in [-0.2, 0) is 0 Å². The molecule has 2 heterocycles. The Kier molecular flexibility index (Phi) is 3.98. The van der Waals surface area contributed by atoms with E-state index in [9.17, 15) is 9.59 Å². The molecule has 1 aromatic carbocycles. The van der Waals surface area contributed by atoms with Crippen molar-refractivity contribution in [1.82, 2.24) is 9.66 Å². The molecule has 7 nitrogen and oxygen atoms in total. The van der Waals surface area contributed by atoms with Gasteiger partial charge in [0.15, 0.2) is 0 Å². The van der Waals surface area contributed by atoms with E-state index in [0.29, 0.717) is 27.5 Å². The number of nitrogens with zero attached hydrogens (tertiary/aromatic N) is 2. The number of methoxy groups -OCH3 is 1. The second-order valence-corrected chi connectivity index (χ2v) is 5.65. The lowest BCUT2D eigenvalue weighted by Gasteiger charge is -2.12. The predicted molar refractivity (Wildman–Crippen MR) is 90.0 cm³/mol. The summed E-state index contributed by atoms with van der Waals surface area (Å²) < 4.78 is 6.69. The quantitative estimate of drug-likeness (QED) is 0.773. The smallest absolute Gasteiger partial charge is 0.338 e. The van der Waals surface area contributed by atoms with Crippen molar-refractivity contribution in [2.75, 3.05) is 17.9 Å². The number of fused-ring (bicyclic) bond motifs is 1. The Morgan fingerprint density at radius 2 is 2.00 bits per heavy atom. The third-order valence-electron chi connectivity index (χ3n) is 3.21. The van der Waals surface area contributed by atoms with Crippen molar-refractivity contribution < 1.29 is 9.53 Å². The zero-order valence-corrected chi connectivity index (χ0v) is 13.3. The van der Waals surface area contributed by atoms with Crippen LogP contribution in [0.5, 0.6) is 5.75 Å². The minimum Gasteiger partial charge on any atom is -0.497 e. The van der Waals surface area contributed by atoms with E-state index in [0.717, 1.165) is 4.68 Å². The average Bonchev–Trinajstić information content (AvgIpc) is 3.00. The van der Waals surface area contributed by atoms with Crippen LogP contribution in [0.1, 0.15) is 5.82 Å². The van der Waals surface area contributed by atoms with Gasteiger partial charge in [0.2, 0.25) is 0 Å². The van der Waals surface area contributed by atoms with Gasteiger partial charge in [0.25, 0.3) is 5.56 Å². The van der Waals surface area contributed by atoms with Crippen LogP contribution < -0.4 is 21.0 Å². The summed E-state index contributed by atoms with van der Waals surface area (Å²) in [6, 6.07) is 8.11. The summed E-state index contributed by atoms with van der Waals surface area (Å²) in [5.74, 6) is 1.10. The number of benzene rings is 1. The number of hydrogen-bond donors (Lipinski definition) is 2. The van der Waals surface area contributed by atoms with Crippen LogP contribution >= 0.6 is 11.3 Å². The Morgan fingerprint density at radius 1 is 1.26 bits per heavy atom. The molecule has 118 valence electrons. The molecule has 0 bridgehead atoms. The number of nitrogens with one attached hydrogen (secondary N) is 2. The molecular weight excluding hydrogens is 316 g/mol. The van der Waals surface area contributed by atoms with Crippen LogP contribution in [0.25, 0.3) is 10.2 Å². The molecule has 0 saturated carbocycles. The van der Waals surface area contributed by atoms with Crippen molar-refractivity contribution >= 4 is 33.3 Å². The Labute approximate surface area is 135 Å². The zero-order valence-electron chi connectivity index (χ0n) is 12.5. The van der Waals surface area contributed by atoms with E-state index >= 15 is 0 Å². The largest absolute Gasteiger partial charge is 0.497 e. The van der Waals surface area contributed by atoms with Crippen LogP contribution in [0, 0.1) is 6.92 Å². The van der Waals surface area contributed by atoms with Crippen molar-refractivity contribution in [3.05, 3.63) is 51.9 Å². The first-order valence-electron chi connectivity index (χ1n) is 6.77. The number of carbonyl (C=O) groups excluding carboxylic acids is 1. The minimum absolute atomic E-state index is 0.299. The number of carbonyl (C=O) groups is 1. The van der Waals surface area contributed by atoms with Gasteiger partial charge in [-0.25, -0.2) is 19.9 Å². The number of aromatic nitrogens is 2. The zero-order chi connectivity index (χ0) is 16.4. The molecule has 0 unspecified atom stereocenters. The summed E-state index contributed by atoms with van der Waals surface area (Å²) in [6.45, 7) is 1.66. The summed E-state index contributed by atoms with van der Waals surface area (Å²) in [5, 5.41) is 4.44. The third-order valence-corrected chi connectivity index (χ3v) is 4.10. The summed E-state index contributed by atoms with van der Waals surface area (Å²) in [5.41, 5.74) is 3.42. The molecule has 0 atom stereocenters. The highest BCUT2D eigenvalue weighted by atomic mass is 32.1. The van der Waals surface area contributed by atoms with Crippen LogP contribution in [0.2, 0.25) is 0 Å². The highest BCUT2D eigenvalue weighted by Gasteiger charge is 2.11. The van der Waals surface area contributed by atoms with Crippen molar-refractivity contribution in [2.24, 2.45) is 0 Å². The van der Waals surface area contributed by atoms with Gasteiger partial charge in [-0.2, -0.15) is 0 Å². The molecule has 2 N–H and O–H groups in total. The van der Waals surface area contributed by atoms with Crippen molar-refractivity contribution in [3.63, 3.8) is 0 Å². The maximum Gasteiger partial charge on any atom is 0.338 e. The fraction of sp³-hybridized carbons (Fsp3) is 0.133. The molecule has 0 saturated heterocycles. The molecule has 0 aliphatic rings. The number of ether oxygens (including phenoxy) is 1. The molecule has 8 heteroatoms. The molecule has 2 aromatic heterocycles. The summed E-state index contributed by atoms with van der Waals surface area (Å²) in [4.78, 5) is 28.7. The SMILES string of the molecule is COc1ccc(NC(=O)Nn2c(C)nc3ccsc3c2=O)cc1. The molecule has 0 aliphatic carbocycles. The van der Waals surface area contributed by atoms with Crippen LogP contribution in [0.3, 0.4) is 0 Å². The lowest BCUT2D eigenvalue weighted by atomic mass is 10.3. The molecular formula is C15H14N4O3S. The number of thiophene rings is 1. The number of rotatable bonds is 3. The second-order valence-electron chi connectivity index (χ2n) is 4.73. The Balaban J connectivity index is 1.81. The van der Waals surface area contributed by atoms with Crippen LogP contribution in [-0.4, -0.2) is 22.8 Å². The summed E-state index contributed by atoms with van der Waals surface area (Å²) in [7, 11) is 1.57. The number of amides is 2. The fourth-order valence-electron chi connectivity index (χ4n) is 2.09. The van der Waals surface area contributed by atoms with Crippen molar-refractivity contribution in [1.29, 1.82) is 0 Å². The number of hydrogen-bond acceptors (Lipinski definition) is 5. The van der Waals surface area contributed by atoms with E-state index in [-0.39, 0.29) is 5.56 Å². The van der Waals surface area contributed by atoms with Gasteiger partial charge >= 0.3 is 6.03 Å². The summed E-state index contributed by atoms with van der Waals surface area (Å²) >= 11 is 1.29. The highest BCUT2D eigenvalue weighted by molar-refractivity contribution is 7.17. The maximum atomic E-state index is 12.4. The second kappa shape index (κ2) is 6.09. The predicted octanol–water partition coefficient (Wildman–Crippen LogP) is 2.55. The number of aryl methyl sites for hydroxylation is 1. The monoisotopic (exact) mass is 330 g/mol. The van der Waals surface area contributed by atoms with E-state index in [1.54, 1.807) is 49.7 Å². The van der Waals surface area contributed by atoms with E-state index in [1.807, 2.05) is 0 Å². The molecule has 0 aliphatic heterocycles. The average molecular weight is 330 g/mol. The molecule has 3 rings (SSSR count). The molecule has 0 radical (unpaired) electrons. The molecule has 2 amide bonds. The minimum atomic E-state index is -0.530. The number of urea groups is 1. The lowest BCUT2D eigenvalue weighted by Crippen LogP contribution is -2.37. The Morgan fingerprint density at radius 3 is 2.70 bits per heavy atom. The standard InChI is InChI=1S/C15H14N4O3S/c1-9-16-12-7-8-23-13(12)14(20)19(9)18-15(21)17-10-3-5-11(22-2)6-4-10/h3-8H,1-2H3,(H2,17,18,21). The van der Waals surface area contributed by atoms with E-state index in [4.69, 9.17) is 4.74 Å². The highest BCUT2D eigenvalue weighted by Crippen LogP contribution is 2.16. The van der Waals surface area contributed by atoms with E-state index in [1.165, 1.54) is 11.3 Å². The number of anilines is 1. The van der Waals surface area contributed by atoms with Gasteiger partial charge in [-0.15, -0.1) is 11.3 Å². The molecule has 0 fully saturated rings. The van der Waals surface area contributed by atoms with Gasteiger partial charge in [0, 0.05) is 5.69 Å².